The molecule has 2 aromatic rings. The van der Waals surface area contributed by atoms with Gasteiger partial charge in [-0.2, -0.15) is 0 Å². The van der Waals surface area contributed by atoms with Crippen molar-refractivity contribution < 1.29 is 0 Å². The van der Waals surface area contributed by atoms with Gasteiger partial charge in [-0.15, -0.1) is 0 Å². The van der Waals surface area contributed by atoms with Gasteiger partial charge in [-0.1, -0.05) is 48.0 Å². The highest BCUT2D eigenvalue weighted by molar-refractivity contribution is 6.30. The zero-order valence-electron chi connectivity index (χ0n) is 11.4. The number of hydrogen-bond acceptors (Lipinski definition) is 1. The van der Waals surface area contributed by atoms with Crippen molar-refractivity contribution in [2.45, 2.75) is 19.3 Å². The lowest BCUT2D eigenvalue weighted by molar-refractivity contribution is 0.592. The van der Waals surface area contributed by atoms with Crippen molar-refractivity contribution in [3.05, 3.63) is 64.8 Å². The third-order valence-electron chi connectivity index (χ3n) is 3.65. The third-order valence-corrected chi connectivity index (χ3v) is 3.91. The van der Waals surface area contributed by atoms with Crippen molar-refractivity contribution in [3.8, 4) is 11.1 Å². The van der Waals surface area contributed by atoms with Crippen molar-refractivity contribution in [3.63, 3.8) is 0 Å². The molecule has 102 valence electrons. The summed E-state index contributed by atoms with van der Waals surface area (Å²) in [7, 11) is 0. The Morgan fingerprint density at radius 2 is 1.50 bits per heavy atom. The van der Waals surface area contributed by atoms with Crippen LogP contribution >= 0.6 is 11.6 Å². The maximum absolute atomic E-state index is 5.92. The molecule has 1 aliphatic rings. The van der Waals surface area contributed by atoms with Crippen LogP contribution in [-0.4, -0.2) is 6.54 Å². The normalized spacial score (nSPS) is 16.9. The molecule has 0 unspecified atom stereocenters. The Bertz CT molecular complexity index is 588. The minimum absolute atomic E-state index is 0.776. The molecule has 1 aliphatic heterocycles. The molecule has 1 heterocycles. The van der Waals surface area contributed by atoms with Gasteiger partial charge in [0.05, 0.1) is 0 Å². The monoisotopic (exact) mass is 283 g/mol. The van der Waals surface area contributed by atoms with Gasteiger partial charge in [0.2, 0.25) is 0 Å². The predicted octanol–water partition coefficient (Wildman–Crippen LogP) is 5.12. The van der Waals surface area contributed by atoms with Crippen LogP contribution in [-0.2, 0) is 0 Å². The number of nitrogens with one attached hydrogen (secondary N) is 1. The van der Waals surface area contributed by atoms with Crippen LogP contribution in [0.5, 0.6) is 0 Å². The predicted molar refractivity (Wildman–Crippen MR) is 86.7 cm³/mol. The molecular weight excluding hydrogens is 266 g/mol. The highest BCUT2D eigenvalue weighted by Gasteiger charge is 2.04. The standard InChI is InChI=1S/C18H18ClN/c19-17-10-8-16(9-11-17)15-6-4-14(5-7-15)13-18-3-1-2-12-20-18/h4-11,13,20H,1-3,12H2. The SMILES string of the molecule is Clc1ccc(-c2ccc(C=C3CCCCN3)cc2)cc1. The van der Waals surface area contributed by atoms with E-state index in [2.05, 4.69) is 47.8 Å². The first-order valence-corrected chi connectivity index (χ1v) is 7.49. The molecular formula is C18H18ClN. The molecule has 0 radical (unpaired) electrons. The van der Waals surface area contributed by atoms with E-state index in [4.69, 9.17) is 11.6 Å². The van der Waals surface area contributed by atoms with E-state index in [-0.39, 0.29) is 0 Å². The maximum Gasteiger partial charge on any atom is 0.0406 e. The van der Waals surface area contributed by atoms with Crippen molar-refractivity contribution in [2.75, 3.05) is 6.54 Å². The molecule has 20 heavy (non-hydrogen) atoms. The van der Waals surface area contributed by atoms with Crippen LogP contribution in [0.1, 0.15) is 24.8 Å². The van der Waals surface area contributed by atoms with Gasteiger partial charge >= 0.3 is 0 Å². The van der Waals surface area contributed by atoms with E-state index in [1.807, 2.05) is 12.1 Å². The molecule has 1 fully saturated rings. The molecule has 0 aromatic heterocycles. The fourth-order valence-electron chi connectivity index (χ4n) is 2.52. The Morgan fingerprint density at radius 3 is 2.10 bits per heavy atom. The summed E-state index contributed by atoms with van der Waals surface area (Å²) in [5.41, 5.74) is 5.03. The summed E-state index contributed by atoms with van der Waals surface area (Å²) >= 11 is 5.92. The van der Waals surface area contributed by atoms with Gasteiger partial charge in [-0.05, 0) is 54.2 Å². The molecule has 0 spiro atoms. The van der Waals surface area contributed by atoms with Gasteiger partial charge in [-0.3, -0.25) is 0 Å². The second kappa shape index (κ2) is 6.15. The number of hydrogen-bond donors (Lipinski definition) is 1. The van der Waals surface area contributed by atoms with E-state index in [0.29, 0.717) is 0 Å². The van der Waals surface area contributed by atoms with Crippen molar-refractivity contribution >= 4 is 17.7 Å². The van der Waals surface area contributed by atoms with Crippen LogP contribution in [0.3, 0.4) is 0 Å². The number of allylic oxidation sites excluding steroid dienone is 1. The van der Waals surface area contributed by atoms with Crippen LogP contribution in [0.25, 0.3) is 17.2 Å². The Morgan fingerprint density at radius 1 is 0.850 bits per heavy atom. The minimum Gasteiger partial charge on any atom is -0.388 e. The number of benzene rings is 2. The first kappa shape index (κ1) is 13.3. The van der Waals surface area contributed by atoms with Crippen LogP contribution in [0.2, 0.25) is 5.02 Å². The number of piperidine rings is 1. The quantitative estimate of drug-likeness (QED) is 0.806. The van der Waals surface area contributed by atoms with Gasteiger partial charge in [0.1, 0.15) is 0 Å². The topological polar surface area (TPSA) is 12.0 Å². The summed E-state index contributed by atoms with van der Waals surface area (Å²) in [5, 5.41) is 4.24. The molecule has 0 bridgehead atoms. The zero-order chi connectivity index (χ0) is 13.8. The number of rotatable bonds is 2. The van der Waals surface area contributed by atoms with E-state index >= 15 is 0 Å². The molecule has 1 saturated heterocycles. The summed E-state index contributed by atoms with van der Waals surface area (Å²) in [4.78, 5) is 0. The molecule has 2 aromatic carbocycles. The summed E-state index contributed by atoms with van der Waals surface area (Å²) in [6, 6.07) is 16.6. The van der Waals surface area contributed by atoms with E-state index in [1.54, 1.807) is 0 Å². The van der Waals surface area contributed by atoms with Gasteiger partial charge in [0.25, 0.3) is 0 Å². The van der Waals surface area contributed by atoms with Crippen LogP contribution < -0.4 is 5.32 Å². The van der Waals surface area contributed by atoms with Gasteiger partial charge in [-0.25, -0.2) is 0 Å². The second-order valence-electron chi connectivity index (χ2n) is 5.18. The molecule has 1 nitrogen and oxygen atoms in total. The summed E-state index contributed by atoms with van der Waals surface area (Å²) < 4.78 is 0. The van der Waals surface area contributed by atoms with Crippen LogP contribution in [0, 0.1) is 0 Å². The Hall–Kier alpha value is -1.73. The van der Waals surface area contributed by atoms with E-state index in [0.717, 1.165) is 11.6 Å². The molecule has 0 atom stereocenters. The fraction of sp³-hybridized carbons (Fsp3) is 0.222. The van der Waals surface area contributed by atoms with Crippen LogP contribution in [0.15, 0.2) is 54.2 Å². The summed E-state index contributed by atoms with van der Waals surface area (Å²) in [5.74, 6) is 0. The largest absolute Gasteiger partial charge is 0.388 e. The average molecular weight is 284 g/mol. The van der Waals surface area contributed by atoms with Crippen molar-refractivity contribution in [2.24, 2.45) is 0 Å². The van der Waals surface area contributed by atoms with Gasteiger partial charge < -0.3 is 5.32 Å². The Labute approximate surface area is 125 Å². The third kappa shape index (κ3) is 3.23. The lowest BCUT2D eigenvalue weighted by Gasteiger charge is -2.16. The average Bonchev–Trinajstić information content (AvgIpc) is 2.50. The van der Waals surface area contributed by atoms with Gasteiger partial charge in [0, 0.05) is 17.3 Å². The maximum atomic E-state index is 5.92. The first-order chi connectivity index (χ1) is 9.81. The smallest absolute Gasteiger partial charge is 0.0406 e. The molecule has 0 amide bonds. The second-order valence-corrected chi connectivity index (χ2v) is 5.62. The van der Waals surface area contributed by atoms with Gasteiger partial charge in [0.15, 0.2) is 0 Å². The van der Waals surface area contributed by atoms with E-state index < -0.39 is 0 Å². The van der Waals surface area contributed by atoms with E-state index in [9.17, 15) is 0 Å². The van der Waals surface area contributed by atoms with Crippen LogP contribution in [0.4, 0.5) is 0 Å². The Balaban J connectivity index is 1.78. The molecule has 3 rings (SSSR count). The highest BCUT2D eigenvalue weighted by atomic mass is 35.5. The fourth-order valence-corrected chi connectivity index (χ4v) is 2.64. The lowest BCUT2D eigenvalue weighted by atomic mass is 10.0. The molecule has 0 aliphatic carbocycles. The van der Waals surface area contributed by atoms with Crippen molar-refractivity contribution in [1.29, 1.82) is 0 Å². The zero-order valence-corrected chi connectivity index (χ0v) is 12.2. The van der Waals surface area contributed by atoms with E-state index in [1.165, 1.54) is 41.6 Å². The molecule has 2 heteroatoms. The summed E-state index contributed by atoms with van der Waals surface area (Å²) in [6.45, 7) is 1.11. The molecule has 1 N–H and O–H groups in total. The first-order valence-electron chi connectivity index (χ1n) is 7.12. The minimum atomic E-state index is 0.776. The number of halogens is 1. The highest BCUT2D eigenvalue weighted by Crippen LogP contribution is 2.23. The molecule has 0 saturated carbocycles. The summed E-state index contributed by atoms with van der Waals surface area (Å²) in [6.07, 6.45) is 6.00. The lowest BCUT2D eigenvalue weighted by Crippen LogP contribution is -2.19. The Kier molecular flexibility index (Phi) is 4.08. The van der Waals surface area contributed by atoms with Crippen molar-refractivity contribution in [1.82, 2.24) is 5.32 Å².